The molecule has 0 aromatic rings. The fraction of sp³-hybridized carbons (Fsp3) is 0.571. The highest BCUT2D eigenvalue weighted by molar-refractivity contribution is 6.21. The fourth-order valence-electron chi connectivity index (χ4n) is 1.97. The van der Waals surface area contributed by atoms with Crippen LogP contribution >= 0.6 is 0 Å². The van der Waals surface area contributed by atoms with Crippen LogP contribution in [0.15, 0.2) is 23.3 Å². The summed E-state index contributed by atoms with van der Waals surface area (Å²) in [7, 11) is 0. The van der Waals surface area contributed by atoms with Crippen molar-refractivity contribution in [1.29, 1.82) is 0 Å². The van der Waals surface area contributed by atoms with Gasteiger partial charge in [-0.25, -0.2) is 0 Å². The second kappa shape index (κ2) is 9.57. The first-order valence-electron chi connectivity index (χ1n) is 6.77. The predicted octanol–water partition coefficient (Wildman–Crippen LogP) is -2.27. The number of hydrogen-bond donors (Lipinski definition) is 4. The highest BCUT2D eigenvalue weighted by atomic mass is 16.5. The van der Waals surface area contributed by atoms with Crippen LogP contribution in [-0.2, 0) is 19.1 Å². The first kappa shape index (κ1) is 18.6. The molecule has 2 unspecified atom stereocenters. The average Bonchev–Trinajstić information content (AvgIpc) is 2.49. The van der Waals surface area contributed by atoms with E-state index in [1.54, 1.807) is 0 Å². The van der Waals surface area contributed by atoms with Crippen molar-refractivity contribution in [1.82, 2.24) is 0 Å². The summed E-state index contributed by atoms with van der Waals surface area (Å²) in [5, 5.41) is 37.3. The molecule has 8 heteroatoms. The van der Waals surface area contributed by atoms with E-state index in [0.29, 0.717) is 0 Å². The van der Waals surface area contributed by atoms with E-state index in [2.05, 4.69) is 0 Å². The van der Waals surface area contributed by atoms with Gasteiger partial charge in [0, 0.05) is 11.1 Å². The minimum atomic E-state index is -1.41. The molecule has 8 nitrogen and oxygen atoms in total. The van der Waals surface area contributed by atoms with Crippen molar-refractivity contribution >= 4 is 11.6 Å². The van der Waals surface area contributed by atoms with Crippen LogP contribution in [0.5, 0.6) is 0 Å². The molecular formula is C14H20O8. The average molecular weight is 316 g/mol. The summed E-state index contributed by atoms with van der Waals surface area (Å²) >= 11 is 0. The van der Waals surface area contributed by atoms with Crippen LogP contribution in [0, 0.1) is 0 Å². The normalized spacial score (nSPS) is 18.0. The molecule has 0 radical (unpaired) electrons. The van der Waals surface area contributed by atoms with Gasteiger partial charge < -0.3 is 29.9 Å². The quantitative estimate of drug-likeness (QED) is 0.262. The molecular weight excluding hydrogens is 296 g/mol. The Hall–Kier alpha value is -1.42. The van der Waals surface area contributed by atoms with E-state index in [1.807, 2.05) is 0 Å². The standard InChI is InChI=1S/C14H20O8/c15-3-5-21-7-11(19)13-9(17)1-2-10(18)14(13)12(20)8-22-6-4-16/h1-2,11-12,15-16,19-20H,3-8H2. The van der Waals surface area contributed by atoms with Crippen molar-refractivity contribution in [2.24, 2.45) is 0 Å². The Morgan fingerprint density at radius 3 is 1.50 bits per heavy atom. The predicted molar refractivity (Wildman–Crippen MR) is 74.0 cm³/mol. The molecule has 1 aliphatic rings. The van der Waals surface area contributed by atoms with Crippen LogP contribution in [0.3, 0.4) is 0 Å². The van der Waals surface area contributed by atoms with Crippen molar-refractivity contribution in [2.45, 2.75) is 12.2 Å². The number of carbonyl (C=O) groups is 2. The summed E-state index contributed by atoms with van der Waals surface area (Å²) in [6.07, 6.45) is -0.791. The van der Waals surface area contributed by atoms with E-state index in [1.165, 1.54) is 0 Å². The number of ether oxygens (including phenoxy) is 2. The lowest BCUT2D eigenvalue weighted by molar-refractivity contribution is -0.117. The Balaban J connectivity index is 2.91. The van der Waals surface area contributed by atoms with Gasteiger partial charge >= 0.3 is 0 Å². The monoisotopic (exact) mass is 316 g/mol. The highest BCUT2D eigenvalue weighted by Crippen LogP contribution is 2.21. The number of ketones is 2. The lowest BCUT2D eigenvalue weighted by Crippen LogP contribution is -2.34. The molecule has 0 amide bonds. The molecule has 0 fully saturated rings. The maximum atomic E-state index is 11.9. The van der Waals surface area contributed by atoms with E-state index in [9.17, 15) is 19.8 Å². The molecule has 0 spiro atoms. The highest BCUT2D eigenvalue weighted by Gasteiger charge is 2.32. The summed E-state index contributed by atoms with van der Waals surface area (Å²) < 4.78 is 9.88. The molecule has 1 rings (SSSR count). The maximum absolute atomic E-state index is 11.9. The van der Waals surface area contributed by atoms with E-state index in [-0.39, 0.29) is 50.8 Å². The van der Waals surface area contributed by atoms with Crippen LogP contribution in [-0.4, -0.2) is 83.8 Å². The van der Waals surface area contributed by atoms with Gasteiger partial charge in [0.05, 0.1) is 39.6 Å². The zero-order valence-corrected chi connectivity index (χ0v) is 12.0. The molecule has 0 saturated carbocycles. The SMILES string of the molecule is O=C1C=CC(=O)C(C(O)COCCO)=C1C(O)COCCO. The number of aliphatic hydroxyl groups excluding tert-OH is 4. The summed E-state index contributed by atoms with van der Waals surface area (Å²) in [4.78, 5) is 23.8. The van der Waals surface area contributed by atoms with E-state index < -0.39 is 23.8 Å². The molecule has 0 aromatic heterocycles. The van der Waals surface area contributed by atoms with Gasteiger partial charge in [0.15, 0.2) is 11.6 Å². The van der Waals surface area contributed by atoms with Gasteiger partial charge in [0.2, 0.25) is 0 Å². The lowest BCUT2D eigenvalue weighted by Gasteiger charge is -2.22. The van der Waals surface area contributed by atoms with E-state index in [0.717, 1.165) is 12.2 Å². The molecule has 0 heterocycles. The summed E-state index contributed by atoms with van der Waals surface area (Å²) in [6.45, 7) is -1.14. The first-order chi connectivity index (χ1) is 10.5. The number of rotatable bonds is 10. The Morgan fingerprint density at radius 2 is 1.18 bits per heavy atom. The van der Waals surface area contributed by atoms with E-state index >= 15 is 0 Å². The zero-order chi connectivity index (χ0) is 16.5. The molecule has 0 bridgehead atoms. The Morgan fingerprint density at radius 1 is 0.818 bits per heavy atom. The van der Waals surface area contributed by atoms with Gasteiger partial charge in [-0.1, -0.05) is 0 Å². The molecule has 1 aliphatic carbocycles. The topological polar surface area (TPSA) is 134 Å². The Kier molecular flexibility index (Phi) is 8.10. The van der Waals surface area contributed by atoms with Gasteiger partial charge in [-0.2, -0.15) is 0 Å². The Bertz CT molecular complexity index is 414. The van der Waals surface area contributed by atoms with Crippen molar-refractivity contribution < 1.29 is 39.5 Å². The number of allylic oxidation sites excluding steroid dienone is 2. The largest absolute Gasteiger partial charge is 0.394 e. The third kappa shape index (κ3) is 5.09. The molecule has 2 atom stereocenters. The summed E-state index contributed by atoms with van der Waals surface area (Å²) in [5.74, 6) is -1.20. The molecule has 4 N–H and O–H groups in total. The first-order valence-corrected chi connectivity index (χ1v) is 6.77. The van der Waals surface area contributed by atoms with Crippen molar-refractivity contribution in [3.8, 4) is 0 Å². The number of aliphatic hydroxyl groups is 4. The minimum Gasteiger partial charge on any atom is -0.394 e. The zero-order valence-electron chi connectivity index (χ0n) is 12.0. The molecule has 124 valence electrons. The molecule has 0 aliphatic heterocycles. The minimum absolute atomic E-state index is 0.0280. The number of hydrogen-bond acceptors (Lipinski definition) is 8. The van der Waals surface area contributed by atoms with Gasteiger partial charge in [-0.15, -0.1) is 0 Å². The third-order valence-electron chi connectivity index (χ3n) is 2.90. The lowest BCUT2D eigenvalue weighted by atomic mass is 9.88. The van der Waals surface area contributed by atoms with E-state index in [4.69, 9.17) is 19.7 Å². The second-order valence-electron chi connectivity index (χ2n) is 4.52. The molecule has 0 saturated heterocycles. The van der Waals surface area contributed by atoms with Gasteiger partial charge in [-0.05, 0) is 12.2 Å². The Labute approximate surface area is 127 Å². The maximum Gasteiger partial charge on any atom is 0.185 e. The van der Waals surface area contributed by atoms with Gasteiger partial charge in [-0.3, -0.25) is 9.59 Å². The third-order valence-corrected chi connectivity index (χ3v) is 2.90. The van der Waals surface area contributed by atoms with Gasteiger partial charge in [0.1, 0.15) is 12.2 Å². The summed E-state index contributed by atoms with van der Waals surface area (Å²) in [5.41, 5.74) is -0.490. The van der Waals surface area contributed by atoms with Crippen molar-refractivity contribution in [3.05, 3.63) is 23.3 Å². The molecule has 0 aromatic carbocycles. The molecule has 22 heavy (non-hydrogen) atoms. The van der Waals surface area contributed by atoms with Crippen LogP contribution < -0.4 is 0 Å². The van der Waals surface area contributed by atoms with Crippen LogP contribution in [0.1, 0.15) is 0 Å². The van der Waals surface area contributed by atoms with Crippen LogP contribution in [0.4, 0.5) is 0 Å². The van der Waals surface area contributed by atoms with Crippen LogP contribution in [0.2, 0.25) is 0 Å². The number of carbonyl (C=O) groups excluding carboxylic acids is 2. The summed E-state index contributed by atoms with van der Waals surface area (Å²) in [6, 6.07) is 0. The fourth-order valence-corrected chi connectivity index (χ4v) is 1.97. The smallest absolute Gasteiger partial charge is 0.185 e. The van der Waals surface area contributed by atoms with Crippen molar-refractivity contribution in [3.63, 3.8) is 0 Å². The van der Waals surface area contributed by atoms with Crippen LogP contribution in [0.25, 0.3) is 0 Å². The second-order valence-corrected chi connectivity index (χ2v) is 4.52. The van der Waals surface area contributed by atoms with Crippen molar-refractivity contribution in [2.75, 3.05) is 39.6 Å². The van der Waals surface area contributed by atoms with Gasteiger partial charge in [0.25, 0.3) is 0 Å².